The van der Waals surface area contributed by atoms with Crippen LogP contribution in [0.25, 0.3) is 11.4 Å². The SMILES string of the molecule is Cc1cc(C2CCCN2c2nc(-c3ccccc3)no2)no1. The second-order valence-electron chi connectivity index (χ2n) is 5.48. The van der Waals surface area contributed by atoms with E-state index in [2.05, 4.69) is 20.2 Å². The Kier molecular flexibility index (Phi) is 3.14. The molecule has 1 saturated heterocycles. The molecule has 0 amide bonds. The maximum Gasteiger partial charge on any atom is 0.324 e. The van der Waals surface area contributed by atoms with Gasteiger partial charge in [-0.15, -0.1) is 0 Å². The molecule has 112 valence electrons. The minimum Gasteiger partial charge on any atom is -0.361 e. The Bertz CT molecular complexity index is 765. The predicted octanol–water partition coefficient (Wildman–Crippen LogP) is 3.37. The first-order valence-corrected chi connectivity index (χ1v) is 7.40. The quantitative estimate of drug-likeness (QED) is 0.738. The molecular formula is C16H16N4O2. The highest BCUT2D eigenvalue weighted by atomic mass is 16.5. The van der Waals surface area contributed by atoms with Crippen molar-refractivity contribution in [3.63, 3.8) is 0 Å². The van der Waals surface area contributed by atoms with Gasteiger partial charge < -0.3 is 13.9 Å². The first-order chi connectivity index (χ1) is 10.8. The van der Waals surface area contributed by atoms with Gasteiger partial charge in [0.1, 0.15) is 11.5 Å². The molecule has 1 fully saturated rings. The van der Waals surface area contributed by atoms with Crippen LogP contribution in [0.1, 0.15) is 30.3 Å². The molecule has 0 saturated carbocycles. The smallest absolute Gasteiger partial charge is 0.324 e. The van der Waals surface area contributed by atoms with Crippen LogP contribution in [0.2, 0.25) is 0 Å². The normalized spacial score (nSPS) is 18.0. The van der Waals surface area contributed by atoms with E-state index in [-0.39, 0.29) is 6.04 Å². The van der Waals surface area contributed by atoms with Gasteiger partial charge in [0.05, 0.1) is 6.04 Å². The zero-order chi connectivity index (χ0) is 14.9. The van der Waals surface area contributed by atoms with Gasteiger partial charge in [0.2, 0.25) is 5.82 Å². The fraction of sp³-hybridized carbons (Fsp3) is 0.312. The summed E-state index contributed by atoms with van der Waals surface area (Å²) in [6.45, 7) is 2.78. The molecule has 6 heteroatoms. The molecule has 0 bridgehead atoms. The Morgan fingerprint density at radius 3 is 2.77 bits per heavy atom. The fourth-order valence-corrected chi connectivity index (χ4v) is 2.88. The molecule has 1 aromatic carbocycles. The number of hydrogen-bond donors (Lipinski definition) is 0. The van der Waals surface area contributed by atoms with Crippen molar-refractivity contribution in [1.82, 2.24) is 15.3 Å². The van der Waals surface area contributed by atoms with E-state index in [0.29, 0.717) is 11.8 Å². The highest BCUT2D eigenvalue weighted by molar-refractivity contribution is 5.55. The van der Waals surface area contributed by atoms with Crippen molar-refractivity contribution in [3.8, 4) is 11.4 Å². The molecule has 1 aliphatic heterocycles. The van der Waals surface area contributed by atoms with Crippen molar-refractivity contribution >= 4 is 6.01 Å². The van der Waals surface area contributed by atoms with E-state index >= 15 is 0 Å². The molecule has 6 nitrogen and oxygen atoms in total. The standard InChI is InChI=1S/C16H16N4O2/c1-11-10-13(18-21-11)14-8-5-9-20(14)16-17-15(19-22-16)12-6-3-2-4-7-12/h2-4,6-7,10,14H,5,8-9H2,1H3. The molecule has 4 rings (SSSR count). The molecule has 22 heavy (non-hydrogen) atoms. The van der Waals surface area contributed by atoms with Crippen LogP contribution in [-0.2, 0) is 0 Å². The summed E-state index contributed by atoms with van der Waals surface area (Å²) in [7, 11) is 0. The van der Waals surface area contributed by atoms with Gasteiger partial charge in [0, 0.05) is 18.2 Å². The topological polar surface area (TPSA) is 68.2 Å². The summed E-state index contributed by atoms with van der Waals surface area (Å²) in [6, 6.07) is 12.5. The van der Waals surface area contributed by atoms with E-state index in [1.165, 1.54) is 0 Å². The number of hydrogen-bond acceptors (Lipinski definition) is 6. The zero-order valence-electron chi connectivity index (χ0n) is 12.3. The minimum atomic E-state index is 0.140. The van der Waals surface area contributed by atoms with Crippen LogP contribution >= 0.6 is 0 Å². The van der Waals surface area contributed by atoms with E-state index in [0.717, 1.165) is 36.4 Å². The van der Waals surface area contributed by atoms with E-state index in [1.807, 2.05) is 43.3 Å². The van der Waals surface area contributed by atoms with E-state index in [1.54, 1.807) is 0 Å². The summed E-state index contributed by atoms with van der Waals surface area (Å²) in [5, 5.41) is 8.22. The second kappa shape index (κ2) is 5.29. The molecular weight excluding hydrogens is 280 g/mol. The molecule has 0 aliphatic carbocycles. The fourth-order valence-electron chi connectivity index (χ4n) is 2.88. The Morgan fingerprint density at radius 1 is 1.14 bits per heavy atom. The third-order valence-electron chi connectivity index (χ3n) is 3.93. The molecule has 0 spiro atoms. The molecule has 3 aromatic rings. The Morgan fingerprint density at radius 2 is 2.00 bits per heavy atom. The van der Waals surface area contributed by atoms with Crippen molar-refractivity contribution in [1.29, 1.82) is 0 Å². The highest BCUT2D eigenvalue weighted by Crippen LogP contribution is 2.35. The molecule has 1 atom stereocenters. The maximum absolute atomic E-state index is 5.47. The van der Waals surface area contributed by atoms with Gasteiger partial charge in [0.25, 0.3) is 0 Å². The lowest BCUT2D eigenvalue weighted by Gasteiger charge is -2.19. The van der Waals surface area contributed by atoms with Crippen molar-refractivity contribution in [3.05, 3.63) is 47.9 Å². The minimum absolute atomic E-state index is 0.140. The lowest BCUT2D eigenvalue weighted by Crippen LogP contribution is -2.23. The van der Waals surface area contributed by atoms with Gasteiger partial charge in [-0.25, -0.2) is 0 Å². The van der Waals surface area contributed by atoms with E-state index in [4.69, 9.17) is 9.05 Å². The van der Waals surface area contributed by atoms with Gasteiger partial charge in [-0.05, 0) is 19.8 Å². The van der Waals surface area contributed by atoms with Crippen LogP contribution in [0.5, 0.6) is 0 Å². The lowest BCUT2D eigenvalue weighted by molar-refractivity contribution is 0.379. The average molecular weight is 296 g/mol. The Balaban J connectivity index is 1.63. The zero-order valence-corrected chi connectivity index (χ0v) is 12.3. The number of benzene rings is 1. The number of anilines is 1. The predicted molar refractivity (Wildman–Crippen MR) is 80.3 cm³/mol. The van der Waals surface area contributed by atoms with Crippen LogP contribution in [0.4, 0.5) is 6.01 Å². The number of nitrogens with zero attached hydrogens (tertiary/aromatic N) is 4. The summed E-state index contributed by atoms with van der Waals surface area (Å²) in [5.74, 6) is 1.43. The largest absolute Gasteiger partial charge is 0.361 e. The molecule has 1 aliphatic rings. The molecule has 1 unspecified atom stereocenters. The van der Waals surface area contributed by atoms with Crippen molar-refractivity contribution in [2.45, 2.75) is 25.8 Å². The third kappa shape index (κ3) is 2.26. The van der Waals surface area contributed by atoms with Gasteiger partial charge in [-0.1, -0.05) is 40.6 Å². The molecule has 2 aromatic heterocycles. The summed E-state index contributed by atoms with van der Waals surface area (Å²) in [5.41, 5.74) is 1.87. The summed E-state index contributed by atoms with van der Waals surface area (Å²) in [4.78, 5) is 6.64. The van der Waals surface area contributed by atoms with E-state index in [9.17, 15) is 0 Å². The first-order valence-electron chi connectivity index (χ1n) is 7.40. The monoisotopic (exact) mass is 296 g/mol. The lowest BCUT2D eigenvalue weighted by atomic mass is 10.1. The van der Waals surface area contributed by atoms with Crippen molar-refractivity contribution in [2.24, 2.45) is 0 Å². The number of aryl methyl sites for hydroxylation is 1. The Hall–Kier alpha value is -2.63. The van der Waals surface area contributed by atoms with Gasteiger partial charge >= 0.3 is 6.01 Å². The van der Waals surface area contributed by atoms with Gasteiger partial charge in [-0.3, -0.25) is 0 Å². The van der Waals surface area contributed by atoms with E-state index < -0.39 is 0 Å². The van der Waals surface area contributed by atoms with Gasteiger partial charge in [-0.2, -0.15) is 4.98 Å². The molecule has 0 radical (unpaired) electrons. The molecule has 3 heterocycles. The maximum atomic E-state index is 5.47. The second-order valence-corrected chi connectivity index (χ2v) is 5.48. The highest BCUT2D eigenvalue weighted by Gasteiger charge is 2.32. The average Bonchev–Trinajstić information content (AvgIpc) is 3.27. The van der Waals surface area contributed by atoms with Crippen LogP contribution in [0.3, 0.4) is 0 Å². The van der Waals surface area contributed by atoms with Crippen LogP contribution in [-0.4, -0.2) is 21.8 Å². The summed E-state index contributed by atoms with van der Waals surface area (Å²) in [6.07, 6.45) is 2.08. The third-order valence-corrected chi connectivity index (χ3v) is 3.93. The summed E-state index contributed by atoms with van der Waals surface area (Å²) >= 11 is 0. The van der Waals surface area contributed by atoms with Crippen LogP contribution in [0.15, 0.2) is 45.4 Å². The van der Waals surface area contributed by atoms with Crippen molar-refractivity contribution < 1.29 is 9.05 Å². The summed E-state index contributed by atoms with van der Waals surface area (Å²) < 4.78 is 10.7. The number of rotatable bonds is 3. The van der Waals surface area contributed by atoms with Crippen LogP contribution in [0, 0.1) is 6.92 Å². The first kappa shape index (κ1) is 13.1. The Labute approximate surface area is 127 Å². The number of aromatic nitrogens is 3. The van der Waals surface area contributed by atoms with Gasteiger partial charge in [0.15, 0.2) is 0 Å². The van der Waals surface area contributed by atoms with Crippen molar-refractivity contribution in [2.75, 3.05) is 11.4 Å². The molecule has 0 N–H and O–H groups in total. The van der Waals surface area contributed by atoms with Crippen LogP contribution < -0.4 is 4.90 Å².